The zero-order valence-corrected chi connectivity index (χ0v) is 8.67. The molecule has 0 unspecified atom stereocenters. The van der Waals surface area contributed by atoms with Crippen LogP contribution in [-0.4, -0.2) is 12.3 Å². The van der Waals surface area contributed by atoms with Gasteiger partial charge in [-0.25, -0.2) is 5.26 Å². The van der Waals surface area contributed by atoms with Crippen molar-refractivity contribution in [3.8, 4) is 5.97 Å². The van der Waals surface area contributed by atoms with Crippen molar-refractivity contribution >= 4 is 39.4 Å². The van der Waals surface area contributed by atoms with Gasteiger partial charge in [0.05, 0.1) is 5.69 Å². The summed E-state index contributed by atoms with van der Waals surface area (Å²) < 4.78 is 1.00. The molecular weight excluding hydrogens is 227 g/mol. The van der Waals surface area contributed by atoms with Crippen LogP contribution in [0.15, 0.2) is 27.7 Å². The van der Waals surface area contributed by atoms with Gasteiger partial charge in [0.25, 0.3) is 0 Å². The fourth-order valence-corrected chi connectivity index (χ4v) is 1.85. The minimum Gasteiger partial charge on any atom is -0.266 e. The van der Waals surface area contributed by atoms with E-state index in [4.69, 9.17) is 5.26 Å². The second-order valence-electron chi connectivity index (χ2n) is 3.02. The predicted octanol–water partition coefficient (Wildman–Crippen LogP) is 1.86. The Labute approximate surface area is 85.5 Å². The summed E-state index contributed by atoms with van der Waals surface area (Å²) in [6, 6.07) is 5.83. The standard InChI is InChI=1S/C9H6BBrN2/c1-6-10(5-12)8-3-2-7(11)4-9(8)13-6/h2-4H,1H3. The van der Waals surface area contributed by atoms with Crippen LogP contribution < -0.4 is 5.46 Å². The lowest BCUT2D eigenvalue weighted by molar-refractivity contribution is 1.55. The quantitative estimate of drug-likeness (QED) is 0.630. The summed E-state index contributed by atoms with van der Waals surface area (Å²) in [5, 5.41) is 8.91. The molecule has 1 heterocycles. The molecule has 13 heavy (non-hydrogen) atoms. The van der Waals surface area contributed by atoms with Gasteiger partial charge in [-0.15, -0.1) is 0 Å². The van der Waals surface area contributed by atoms with E-state index in [0.717, 1.165) is 21.2 Å². The molecule has 0 aromatic heterocycles. The highest BCUT2D eigenvalue weighted by molar-refractivity contribution is 9.10. The molecule has 0 aliphatic carbocycles. The van der Waals surface area contributed by atoms with Gasteiger partial charge in [-0.1, -0.05) is 22.0 Å². The Morgan fingerprint density at radius 3 is 3.00 bits per heavy atom. The van der Waals surface area contributed by atoms with E-state index >= 15 is 0 Å². The highest BCUT2D eigenvalue weighted by Crippen LogP contribution is 2.21. The summed E-state index contributed by atoms with van der Waals surface area (Å²) in [5.41, 5.74) is 2.82. The zero-order valence-electron chi connectivity index (χ0n) is 7.08. The number of halogens is 1. The monoisotopic (exact) mass is 232 g/mol. The van der Waals surface area contributed by atoms with E-state index in [1.165, 1.54) is 0 Å². The molecule has 62 valence electrons. The minimum absolute atomic E-state index is 0.150. The Kier molecular flexibility index (Phi) is 1.97. The van der Waals surface area contributed by atoms with E-state index < -0.39 is 0 Å². The van der Waals surface area contributed by atoms with Gasteiger partial charge in [-0.2, -0.15) is 0 Å². The van der Waals surface area contributed by atoms with Crippen molar-refractivity contribution in [2.75, 3.05) is 0 Å². The largest absolute Gasteiger partial charge is 0.349 e. The SMILES string of the molecule is CC1=Nc2cc(Br)ccc2B1C#N. The molecule has 0 atom stereocenters. The zero-order chi connectivity index (χ0) is 9.42. The summed E-state index contributed by atoms with van der Waals surface area (Å²) in [6.07, 6.45) is 0. The molecular formula is C9H6BBrN2. The van der Waals surface area contributed by atoms with Crippen LogP contribution in [0.4, 0.5) is 5.69 Å². The van der Waals surface area contributed by atoms with Crippen LogP contribution >= 0.6 is 15.9 Å². The highest BCUT2D eigenvalue weighted by atomic mass is 79.9. The third kappa shape index (κ3) is 1.29. The van der Waals surface area contributed by atoms with Crippen LogP contribution in [0.25, 0.3) is 0 Å². The van der Waals surface area contributed by atoms with Crippen LogP contribution in [0.2, 0.25) is 0 Å². The lowest BCUT2D eigenvalue weighted by Crippen LogP contribution is -2.31. The second-order valence-corrected chi connectivity index (χ2v) is 3.93. The lowest BCUT2D eigenvalue weighted by atomic mass is 9.44. The first kappa shape index (κ1) is 8.52. The predicted molar refractivity (Wildman–Crippen MR) is 57.9 cm³/mol. The van der Waals surface area contributed by atoms with Crippen molar-refractivity contribution in [2.24, 2.45) is 4.99 Å². The van der Waals surface area contributed by atoms with Crippen molar-refractivity contribution < 1.29 is 0 Å². The molecule has 0 saturated carbocycles. The summed E-state index contributed by atoms with van der Waals surface area (Å²) in [6.45, 7) is 1.74. The first-order valence-electron chi connectivity index (χ1n) is 3.96. The summed E-state index contributed by atoms with van der Waals surface area (Å²) >= 11 is 3.37. The molecule has 1 aliphatic rings. The average molecular weight is 233 g/mol. The van der Waals surface area contributed by atoms with Crippen molar-refractivity contribution in [3.05, 3.63) is 22.7 Å². The molecule has 0 radical (unpaired) electrons. The van der Waals surface area contributed by atoms with Crippen molar-refractivity contribution in [1.82, 2.24) is 0 Å². The van der Waals surface area contributed by atoms with Crippen molar-refractivity contribution in [3.63, 3.8) is 0 Å². The first-order valence-corrected chi connectivity index (χ1v) is 4.76. The van der Waals surface area contributed by atoms with Gasteiger partial charge in [-0.05, 0) is 24.5 Å². The number of hydrogen-bond acceptors (Lipinski definition) is 2. The third-order valence-electron chi connectivity index (χ3n) is 2.15. The second kappa shape index (κ2) is 3.00. The van der Waals surface area contributed by atoms with E-state index in [1.807, 2.05) is 25.1 Å². The van der Waals surface area contributed by atoms with Crippen LogP contribution in [0.1, 0.15) is 6.92 Å². The van der Waals surface area contributed by atoms with E-state index in [1.54, 1.807) is 0 Å². The fraction of sp³-hybridized carbons (Fsp3) is 0.111. The van der Waals surface area contributed by atoms with E-state index in [2.05, 4.69) is 26.9 Å². The van der Waals surface area contributed by atoms with Gasteiger partial charge in [-0.3, -0.25) is 4.99 Å². The van der Waals surface area contributed by atoms with Crippen LogP contribution in [-0.2, 0) is 0 Å². The van der Waals surface area contributed by atoms with Gasteiger partial charge < -0.3 is 0 Å². The van der Waals surface area contributed by atoms with E-state index in [0.29, 0.717) is 0 Å². The number of nitriles is 1. The molecule has 2 nitrogen and oxygen atoms in total. The molecule has 4 heteroatoms. The number of hydrogen-bond donors (Lipinski definition) is 0. The molecule has 1 aromatic rings. The molecule has 2 rings (SSSR count). The highest BCUT2D eigenvalue weighted by Gasteiger charge is 2.28. The molecule has 0 N–H and O–H groups in total. The Morgan fingerprint density at radius 2 is 2.31 bits per heavy atom. The topological polar surface area (TPSA) is 36.1 Å². The minimum atomic E-state index is -0.150. The van der Waals surface area contributed by atoms with Crippen molar-refractivity contribution in [2.45, 2.75) is 6.92 Å². The fourth-order valence-electron chi connectivity index (χ4n) is 1.50. The summed E-state index contributed by atoms with van der Waals surface area (Å²) in [5.74, 6) is 2.24. The molecule has 1 aromatic carbocycles. The van der Waals surface area contributed by atoms with Gasteiger partial charge in [0.1, 0.15) is 0 Å². The molecule has 0 fully saturated rings. The normalized spacial score (nSPS) is 13.6. The third-order valence-corrected chi connectivity index (χ3v) is 2.64. The Balaban J connectivity index is 2.59. The number of fused-ring (bicyclic) bond motifs is 1. The van der Waals surface area contributed by atoms with Crippen LogP contribution in [0.5, 0.6) is 0 Å². The van der Waals surface area contributed by atoms with Gasteiger partial charge >= 0.3 is 6.71 Å². The number of benzene rings is 1. The van der Waals surface area contributed by atoms with Crippen LogP contribution in [0.3, 0.4) is 0 Å². The Hall–Kier alpha value is -1.08. The van der Waals surface area contributed by atoms with Gasteiger partial charge in [0, 0.05) is 16.1 Å². The molecule has 0 bridgehead atoms. The molecule has 1 aliphatic heterocycles. The molecule has 0 spiro atoms. The summed E-state index contributed by atoms with van der Waals surface area (Å²) in [7, 11) is 0. The first-order chi connectivity index (χ1) is 6.22. The Morgan fingerprint density at radius 1 is 1.54 bits per heavy atom. The maximum atomic E-state index is 8.91. The summed E-state index contributed by atoms with van der Waals surface area (Å²) in [4.78, 5) is 4.33. The molecule has 0 saturated heterocycles. The maximum Gasteiger partial charge on any atom is 0.349 e. The Bertz CT molecular complexity index is 434. The van der Waals surface area contributed by atoms with Crippen LogP contribution in [0, 0.1) is 11.2 Å². The van der Waals surface area contributed by atoms with E-state index in [9.17, 15) is 0 Å². The number of nitrogens with zero attached hydrogens (tertiary/aromatic N) is 2. The maximum absolute atomic E-state index is 8.91. The smallest absolute Gasteiger partial charge is 0.266 e. The van der Waals surface area contributed by atoms with Crippen molar-refractivity contribution in [1.29, 1.82) is 5.26 Å². The van der Waals surface area contributed by atoms with E-state index in [-0.39, 0.29) is 6.71 Å². The average Bonchev–Trinajstić information content (AvgIpc) is 2.39. The van der Waals surface area contributed by atoms with Gasteiger partial charge in [0.2, 0.25) is 0 Å². The van der Waals surface area contributed by atoms with Gasteiger partial charge in [0.15, 0.2) is 0 Å². The number of rotatable bonds is 0. The number of aliphatic imine (C=N–C) groups is 1. The molecule has 0 amide bonds. The lowest BCUT2D eigenvalue weighted by Gasteiger charge is -1.98.